The molecule has 0 atom stereocenters. The van der Waals surface area contributed by atoms with E-state index in [0.717, 1.165) is 5.56 Å². The molecule has 1 N–H and O–H groups in total. The van der Waals surface area contributed by atoms with Crippen molar-refractivity contribution in [1.82, 2.24) is 4.90 Å². The maximum Gasteiger partial charge on any atom is 0.244 e. The number of nitrogens with one attached hydrogen (secondary N) is 1. The van der Waals surface area contributed by atoms with E-state index < -0.39 is 5.82 Å². The summed E-state index contributed by atoms with van der Waals surface area (Å²) < 4.78 is 13.7. The van der Waals surface area contributed by atoms with Crippen molar-refractivity contribution in [2.75, 3.05) is 11.9 Å². The molecule has 0 radical (unpaired) electrons. The summed E-state index contributed by atoms with van der Waals surface area (Å²) in [6.45, 7) is 3.22. The van der Waals surface area contributed by atoms with Crippen molar-refractivity contribution >= 4 is 17.5 Å². The number of hydrogen-bond acceptors (Lipinski definition) is 2. The van der Waals surface area contributed by atoms with Crippen molar-refractivity contribution in [3.05, 3.63) is 65.5 Å². The molecule has 23 heavy (non-hydrogen) atoms. The van der Waals surface area contributed by atoms with E-state index in [1.54, 1.807) is 24.3 Å². The van der Waals surface area contributed by atoms with Crippen molar-refractivity contribution in [3.8, 4) is 0 Å². The molecule has 120 valence electrons. The van der Waals surface area contributed by atoms with Crippen LogP contribution in [0, 0.1) is 12.7 Å². The van der Waals surface area contributed by atoms with Crippen LogP contribution in [0.15, 0.2) is 48.5 Å². The average Bonchev–Trinajstić information content (AvgIpc) is 2.48. The monoisotopic (exact) mass is 314 g/mol. The summed E-state index contributed by atoms with van der Waals surface area (Å²) in [6.07, 6.45) is 0. The molecular formula is C18H19FN2O2. The summed E-state index contributed by atoms with van der Waals surface area (Å²) in [6, 6.07) is 13.6. The summed E-state index contributed by atoms with van der Waals surface area (Å²) in [5.74, 6) is -0.993. The fourth-order valence-electron chi connectivity index (χ4n) is 2.21. The van der Waals surface area contributed by atoms with E-state index in [0.29, 0.717) is 11.3 Å². The SMILES string of the molecule is CC(=O)N(CC(=O)Nc1cccc(C)c1)Cc1ccccc1F. The van der Waals surface area contributed by atoms with Gasteiger partial charge in [0.05, 0.1) is 0 Å². The third-order valence-corrected chi connectivity index (χ3v) is 3.40. The lowest BCUT2D eigenvalue weighted by Gasteiger charge is -2.21. The molecule has 2 aromatic rings. The van der Waals surface area contributed by atoms with Crippen LogP contribution >= 0.6 is 0 Å². The predicted molar refractivity (Wildman–Crippen MR) is 87.3 cm³/mol. The number of halogens is 1. The fraction of sp³-hybridized carbons (Fsp3) is 0.222. The molecular weight excluding hydrogens is 295 g/mol. The maximum absolute atomic E-state index is 13.7. The van der Waals surface area contributed by atoms with E-state index in [-0.39, 0.29) is 24.9 Å². The van der Waals surface area contributed by atoms with Crippen LogP contribution in [0.25, 0.3) is 0 Å². The minimum atomic E-state index is -0.391. The molecule has 0 aliphatic carbocycles. The first-order chi connectivity index (χ1) is 11.0. The second kappa shape index (κ2) is 7.54. The van der Waals surface area contributed by atoms with Crippen LogP contribution in [0.4, 0.5) is 10.1 Å². The van der Waals surface area contributed by atoms with Crippen LogP contribution < -0.4 is 5.32 Å². The van der Waals surface area contributed by atoms with Crippen LogP contribution in [-0.4, -0.2) is 23.3 Å². The number of nitrogens with zero attached hydrogens (tertiary/aromatic N) is 1. The molecule has 4 nitrogen and oxygen atoms in total. The fourth-order valence-corrected chi connectivity index (χ4v) is 2.21. The van der Waals surface area contributed by atoms with E-state index in [2.05, 4.69) is 5.32 Å². The standard InChI is InChI=1S/C18H19FN2O2/c1-13-6-5-8-16(10-13)20-18(23)12-21(14(2)22)11-15-7-3-4-9-17(15)19/h3-10H,11-12H2,1-2H3,(H,20,23). The van der Waals surface area contributed by atoms with Crippen molar-refractivity contribution in [2.45, 2.75) is 20.4 Å². The first kappa shape index (κ1) is 16.7. The molecule has 0 saturated heterocycles. The Balaban J connectivity index is 2.03. The Hall–Kier alpha value is -2.69. The topological polar surface area (TPSA) is 49.4 Å². The summed E-state index contributed by atoms with van der Waals surface area (Å²) in [5.41, 5.74) is 2.08. The van der Waals surface area contributed by atoms with E-state index in [1.807, 2.05) is 25.1 Å². The van der Waals surface area contributed by atoms with E-state index >= 15 is 0 Å². The highest BCUT2D eigenvalue weighted by atomic mass is 19.1. The van der Waals surface area contributed by atoms with Crippen LogP contribution in [0.5, 0.6) is 0 Å². The maximum atomic E-state index is 13.7. The molecule has 0 spiro atoms. The molecule has 0 aliphatic rings. The molecule has 0 fully saturated rings. The third kappa shape index (κ3) is 4.92. The van der Waals surface area contributed by atoms with Crippen molar-refractivity contribution in [2.24, 2.45) is 0 Å². The van der Waals surface area contributed by atoms with Crippen LogP contribution in [0.1, 0.15) is 18.1 Å². The largest absolute Gasteiger partial charge is 0.329 e. The van der Waals surface area contributed by atoms with Gasteiger partial charge in [0.2, 0.25) is 11.8 Å². The Bertz CT molecular complexity index is 716. The van der Waals surface area contributed by atoms with Crippen LogP contribution in [0.3, 0.4) is 0 Å². The predicted octanol–water partition coefficient (Wildman–Crippen LogP) is 3.12. The highest BCUT2D eigenvalue weighted by molar-refractivity contribution is 5.94. The summed E-state index contributed by atoms with van der Waals surface area (Å²) in [7, 11) is 0. The number of anilines is 1. The Morgan fingerprint density at radius 3 is 2.52 bits per heavy atom. The Morgan fingerprint density at radius 1 is 1.13 bits per heavy atom. The number of carbonyl (C=O) groups is 2. The zero-order valence-corrected chi connectivity index (χ0v) is 13.2. The minimum absolute atomic E-state index is 0.0588. The number of rotatable bonds is 5. The van der Waals surface area contributed by atoms with E-state index in [1.165, 1.54) is 17.9 Å². The summed E-state index contributed by atoms with van der Waals surface area (Å²) in [4.78, 5) is 25.1. The number of amides is 2. The van der Waals surface area contributed by atoms with Gasteiger partial charge in [-0.25, -0.2) is 4.39 Å². The normalized spacial score (nSPS) is 10.2. The summed E-state index contributed by atoms with van der Waals surface area (Å²) >= 11 is 0. The van der Waals surface area contributed by atoms with E-state index in [4.69, 9.17) is 0 Å². The van der Waals surface area contributed by atoms with Crippen molar-refractivity contribution in [3.63, 3.8) is 0 Å². The smallest absolute Gasteiger partial charge is 0.244 e. The van der Waals surface area contributed by atoms with Crippen LogP contribution in [0.2, 0.25) is 0 Å². The van der Waals surface area contributed by atoms with Gasteiger partial charge in [-0.05, 0) is 30.7 Å². The van der Waals surface area contributed by atoms with Gasteiger partial charge in [0, 0.05) is 24.7 Å². The molecule has 5 heteroatoms. The number of benzene rings is 2. The lowest BCUT2D eigenvalue weighted by Crippen LogP contribution is -2.36. The Kier molecular flexibility index (Phi) is 5.46. The Morgan fingerprint density at radius 2 is 1.87 bits per heavy atom. The quantitative estimate of drug-likeness (QED) is 0.922. The molecule has 0 bridgehead atoms. The van der Waals surface area contributed by atoms with Gasteiger partial charge in [0.1, 0.15) is 12.4 Å². The van der Waals surface area contributed by atoms with Gasteiger partial charge >= 0.3 is 0 Å². The van der Waals surface area contributed by atoms with E-state index in [9.17, 15) is 14.0 Å². The van der Waals surface area contributed by atoms with Gasteiger partial charge in [-0.2, -0.15) is 0 Å². The molecule has 0 aliphatic heterocycles. The van der Waals surface area contributed by atoms with Gasteiger partial charge in [-0.1, -0.05) is 30.3 Å². The van der Waals surface area contributed by atoms with Gasteiger partial charge in [-0.3, -0.25) is 9.59 Å². The van der Waals surface area contributed by atoms with Crippen molar-refractivity contribution < 1.29 is 14.0 Å². The second-order valence-electron chi connectivity index (χ2n) is 5.38. The third-order valence-electron chi connectivity index (χ3n) is 3.40. The number of aryl methyl sites for hydroxylation is 1. The van der Waals surface area contributed by atoms with Crippen molar-refractivity contribution in [1.29, 1.82) is 0 Å². The Labute approximate surface area is 134 Å². The molecule has 0 unspecified atom stereocenters. The highest BCUT2D eigenvalue weighted by Crippen LogP contribution is 2.12. The molecule has 2 amide bonds. The van der Waals surface area contributed by atoms with Gasteiger partial charge in [0.25, 0.3) is 0 Å². The van der Waals surface area contributed by atoms with Crippen LogP contribution in [-0.2, 0) is 16.1 Å². The lowest BCUT2D eigenvalue weighted by molar-refractivity contribution is -0.133. The zero-order valence-electron chi connectivity index (χ0n) is 13.2. The lowest BCUT2D eigenvalue weighted by atomic mass is 10.2. The van der Waals surface area contributed by atoms with Gasteiger partial charge in [-0.15, -0.1) is 0 Å². The first-order valence-corrected chi connectivity index (χ1v) is 7.31. The minimum Gasteiger partial charge on any atom is -0.329 e. The molecule has 0 saturated carbocycles. The summed E-state index contributed by atoms with van der Waals surface area (Å²) in [5, 5.41) is 2.74. The molecule has 0 heterocycles. The average molecular weight is 314 g/mol. The first-order valence-electron chi connectivity index (χ1n) is 7.31. The second-order valence-corrected chi connectivity index (χ2v) is 5.38. The molecule has 2 aromatic carbocycles. The number of carbonyl (C=O) groups excluding carboxylic acids is 2. The highest BCUT2D eigenvalue weighted by Gasteiger charge is 2.16. The number of hydrogen-bond donors (Lipinski definition) is 1. The molecule has 0 aromatic heterocycles. The van der Waals surface area contributed by atoms with Gasteiger partial charge < -0.3 is 10.2 Å². The van der Waals surface area contributed by atoms with Gasteiger partial charge in [0.15, 0.2) is 0 Å². The zero-order chi connectivity index (χ0) is 16.8. The molecule has 2 rings (SSSR count).